The van der Waals surface area contributed by atoms with E-state index in [-0.39, 0.29) is 12.4 Å². The second-order valence-corrected chi connectivity index (χ2v) is 2.02. The number of nitrogens with zero attached hydrogens (tertiary/aromatic N) is 1. The second-order valence-electron chi connectivity index (χ2n) is 2.02. The molecule has 1 heterocycles. The third-order valence-electron chi connectivity index (χ3n) is 1.15. The molecule has 0 aliphatic carbocycles. The van der Waals surface area contributed by atoms with Crippen LogP contribution in [0.1, 0.15) is 5.69 Å². The molecule has 0 fully saturated rings. The zero-order chi connectivity index (χ0) is 8.10. The van der Waals surface area contributed by atoms with Crippen molar-refractivity contribution in [3.05, 3.63) is 30.4 Å². The number of aliphatic carboxylic acids is 1. The van der Waals surface area contributed by atoms with Crippen molar-refractivity contribution < 1.29 is 9.90 Å². The van der Waals surface area contributed by atoms with E-state index in [2.05, 4.69) is 9.97 Å². The Labute approximate surface area is 75.7 Å². The number of nitrogens with one attached hydrogen (secondary N) is 1. The first kappa shape index (κ1) is 10.7. The van der Waals surface area contributed by atoms with E-state index < -0.39 is 5.97 Å². The summed E-state index contributed by atoms with van der Waals surface area (Å²) in [5, 5.41) is 8.23. The van der Waals surface area contributed by atoms with Crippen LogP contribution >= 0.6 is 12.4 Å². The Hall–Kier alpha value is -1.29. The molecule has 0 aromatic carbocycles. The lowest BCUT2D eigenvalue weighted by atomic mass is 10.3. The number of carboxylic acids is 1. The van der Waals surface area contributed by atoms with Gasteiger partial charge in [0, 0.05) is 24.4 Å². The molecule has 0 amide bonds. The SMILES string of the molecule is Cl.O=C(O)C=CCc1cnc[nH]1. The molecule has 0 atom stereocenters. The number of allylic oxidation sites excluding steroid dienone is 1. The Morgan fingerprint density at radius 3 is 3.00 bits per heavy atom. The lowest BCUT2D eigenvalue weighted by Crippen LogP contribution is -1.87. The van der Waals surface area contributed by atoms with Crippen molar-refractivity contribution in [2.75, 3.05) is 0 Å². The van der Waals surface area contributed by atoms with E-state index >= 15 is 0 Å². The highest BCUT2D eigenvalue weighted by Gasteiger charge is 1.89. The Kier molecular flexibility index (Phi) is 4.79. The van der Waals surface area contributed by atoms with Gasteiger partial charge in [-0.3, -0.25) is 0 Å². The summed E-state index contributed by atoms with van der Waals surface area (Å²) in [6.45, 7) is 0. The zero-order valence-electron chi connectivity index (χ0n) is 6.23. The van der Waals surface area contributed by atoms with Crippen molar-refractivity contribution >= 4 is 18.4 Å². The van der Waals surface area contributed by atoms with Crippen LogP contribution in [0.15, 0.2) is 24.7 Å². The fourth-order valence-electron chi connectivity index (χ4n) is 0.683. The highest BCUT2D eigenvalue weighted by molar-refractivity contribution is 5.85. The highest BCUT2D eigenvalue weighted by atomic mass is 35.5. The quantitative estimate of drug-likeness (QED) is 0.696. The smallest absolute Gasteiger partial charge is 0.327 e. The molecule has 0 saturated heterocycles. The highest BCUT2D eigenvalue weighted by Crippen LogP contribution is 1.92. The van der Waals surface area contributed by atoms with Crippen LogP contribution in [0.5, 0.6) is 0 Å². The second kappa shape index (κ2) is 5.37. The van der Waals surface area contributed by atoms with Gasteiger partial charge in [0.25, 0.3) is 0 Å². The Morgan fingerprint density at radius 1 is 1.75 bits per heavy atom. The number of rotatable bonds is 3. The molecule has 4 nitrogen and oxygen atoms in total. The number of carboxylic acid groups (broad SMARTS) is 1. The average molecular weight is 189 g/mol. The van der Waals surface area contributed by atoms with Crippen LogP contribution in [-0.2, 0) is 11.2 Å². The Balaban J connectivity index is 0.00000121. The number of H-pyrrole nitrogens is 1. The van der Waals surface area contributed by atoms with Crippen molar-refractivity contribution in [1.82, 2.24) is 9.97 Å². The molecule has 2 N–H and O–H groups in total. The van der Waals surface area contributed by atoms with E-state index in [1.807, 2.05) is 0 Å². The first-order valence-electron chi connectivity index (χ1n) is 3.16. The molecule has 1 aromatic heterocycles. The maximum atomic E-state index is 10.0. The van der Waals surface area contributed by atoms with Crippen molar-refractivity contribution in [2.45, 2.75) is 6.42 Å². The Morgan fingerprint density at radius 2 is 2.50 bits per heavy atom. The predicted molar refractivity (Wildman–Crippen MR) is 46.3 cm³/mol. The minimum atomic E-state index is -0.926. The predicted octanol–water partition coefficient (Wildman–Crippen LogP) is 1.01. The summed E-state index contributed by atoms with van der Waals surface area (Å²) < 4.78 is 0. The molecule has 12 heavy (non-hydrogen) atoms. The molecule has 0 spiro atoms. The van der Waals surface area contributed by atoms with Crippen LogP contribution in [-0.4, -0.2) is 21.0 Å². The standard InChI is InChI=1S/C7H8N2O2.ClH/c10-7(11)3-1-2-6-4-8-5-9-6;/h1,3-5H,2H2,(H,8,9)(H,10,11);1H. The van der Waals surface area contributed by atoms with E-state index in [0.29, 0.717) is 6.42 Å². The fraction of sp³-hybridized carbons (Fsp3) is 0.143. The van der Waals surface area contributed by atoms with Gasteiger partial charge in [0.2, 0.25) is 0 Å². The van der Waals surface area contributed by atoms with Gasteiger partial charge >= 0.3 is 5.97 Å². The summed E-state index contributed by atoms with van der Waals surface area (Å²) in [5.41, 5.74) is 0.905. The molecule has 1 aromatic rings. The van der Waals surface area contributed by atoms with Gasteiger partial charge in [-0.05, 0) is 0 Å². The van der Waals surface area contributed by atoms with Crippen molar-refractivity contribution in [3.63, 3.8) is 0 Å². The van der Waals surface area contributed by atoms with Crippen molar-refractivity contribution in [3.8, 4) is 0 Å². The van der Waals surface area contributed by atoms with Crippen LogP contribution in [0.25, 0.3) is 0 Å². The minimum Gasteiger partial charge on any atom is -0.478 e. The number of halogens is 1. The van der Waals surface area contributed by atoms with Gasteiger partial charge in [0.05, 0.1) is 6.33 Å². The van der Waals surface area contributed by atoms with E-state index in [0.717, 1.165) is 11.8 Å². The Bertz CT molecular complexity index is 256. The van der Waals surface area contributed by atoms with Crippen LogP contribution in [0, 0.1) is 0 Å². The third kappa shape index (κ3) is 3.78. The maximum Gasteiger partial charge on any atom is 0.327 e. The zero-order valence-corrected chi connectivity index (χ0v) is 7.04. The number of aromatic amines is 1. The summed E-state index contributed by atoms with van der Waals surface area (Å²) in [6.07, 6.45) is 6.47. The summed E-state index contributed by atoms with van der Waals surface area (Å²) in [4.78, 5) is 16.7. The number of hydrogen-bond donors (Lipinski definition) is 2. The third-order valence-corrected chi connectivity index (χ3v) is 1.15. The lowest BCUT2D eigenvalue weighted by Gasteiger charge is -1.85. The molecule has 0 aliphatic heterocycles. The van der Waals surface area contributed by atoms with Gasteiger partial charge in [-0.15, -0.1) is 12.4 Å². The largest absolute Gasteiger partial charge is 0.478 e. The molecule has 1 rings (SSSR count). The summed E-state index contributed by atoms with van der Waals surface area (Å²) in [6, 6.07) is 0. The molecule has 0 unspecified atom stereocenters. The molecular weight excluding hydrogens is 180 g/mol. The van der Waals surface area contributed by atoms with Gasteiger partial charge in [-0.25, -0.2) is 9.78 Å². The number of aromatic nitrogens is 2. The lowest BCUT2D eigenvalue weighted by molar-refractivity contribution is -0.131. The maximum absolute atomic E-state index is 10.0. The van der Waals surface area contributed by atoms with E-state index in [1.165, 1.54) is 0 Å². The van der Waals surface area contributed by atoms with Gasteiger partial charge in [0.15, 0.2) is 0 Å². The van der Waals surface area contributed by atoms with Gasteiger partial charge < -0.3 is 10.1 Å². The molecular formula is C7H9ClN2O2. The normalized spacial score (nSPS) is 9.67. The molecule has 0 aliphatic rings. The van der Waals surface area contributed by atoms with E-state index in [4.69, 9.17) is 5.11 Å². The van der Waals surface area contributed by atoms with Gasteiger partial charge in [0.1, 0.15) is 0 Å². The molecule has 0 saturated carbocycles. The summed E-state index contributed by atoms with van der Waals surface area (Å²) in [7, 11) is 0. The summed E-state index contributed by atoms with van der Waals surface area (Å²) in [5.74, 6) is -0.926. The number of imidazole rings is 1. The van der Waals surface area contributed by atoms with Crippen LogP contribution in [0.2, 0.25) is 0 Å². The van der Waals surface area contributed by atoms with Crippen LogP contribution in [0.4, 0.5) is 0 Å². The first-order chi connectivity index (χ1) is 5.29. The van der Waals surface area contributed by atoms with Crippen LogP contribution in [0.3, 0.4) is 0 Å². The number of hydrogen-bond acceptors (Lipinski definition) is 2. The molecule has 5 heteroatoms. The van der Waals surface area contributed by atoms with Crippen LogP contribution < -0.4 is 0 Å². The monoisotopic (exact) mass is 188 g/mol. The average Bonchev–Trinajstić information content (AvgIpc) is 2.39. The van der Waals surface area contributed by atoms with Gasteiger partial charge in [-0.1, -0.05) is 6.08 Å². The van der Waals surface area contributed by atoms with E-state index in [9.17, 15) is 4.79 Å². The van der Waals surface area contributed by atoms with E-state index in [1.54, 1.807) is 18.6 Å². The molecule has 66 valence electrons. The van der Waals surface area contributed by atoms with Crippen molar-refractivity contribution in [2.24, 2.45) is 0 Å². The first-order valence-corrected chi connectivity index (χ1v) is 3.16. The fourth-order valence-corrected chi connectivity index (χ4v) is 0.683. The number of carbonyl (C=O) groups is 1. The van der Waals surface area contributed by atoms with Gasteiger partial charge in [-0.2, -0.15) is 0 Å². The topological polar surface area (TPSA) is 66.0 Å². The molecule has 0 bridgehead atoms. The molecule has 0 radical (unpaired) electrons. The minimum absolute atomic E-state index is 0. The summed E-state index contributed by atoms with van der Waals surface area (Å²) >= 11 is 0. The van der Waals surface area contributed by atoms with Crippen molar-refractivity contribution in [1.29, 1.82) is 0 Å².